The SMILES string of the molecule is CC1(C)[C@@]2(c3ccccc3)N=N[C@@]1(c1ccccc1)[C@H]1C=C[C@H]12. The first-order valence-corrected chi connectivity index (χ1v) is 8.38. The molecule has 2 heteroatoms. The minimum Gasteiger partial charge on any atom is -0.180 e. The van der Waals surface area contributed by atoms with Crippen LogP contribution in [0.5, 0.6) is 0 Å². The third-order valence-electron chi connectivity index (χ3n) is 6.58. The van der Waals surface area contributed by atoms with Crippen molar-refractivity contribution in [3.8, 4) is 0 Å². The number of rotatable bonds is 2. The van der Waals surface area contributed by atoms with Gasteiger partial charge in [0.15, 0.2) is 0 Å². The maximum atomic E-state index is 4.96. The van der Waals surface area contributed by atoms with Gasteiger partial charge in [-0.2, -0.15) is 10.2 Å². The second kappa shape index (κ2) is 4.00. The molecule has 1 aliphatic heterocycles. The molecule has 0 saturated heterocycles. The lowest BCUT2D eigenvalue weighted by molar-refractivity contribution is 0.160. The molecule has 4 atom stereocenters. The van der Waals surface area contributed by atoms with E-state index in [0.717, 1.165) is 0 Å². The molecule has 3 aliphatic rings. The average molecular weight is 300 g/mol. The van der Waals surface area contributed by atoms with Crippen molar-refractivity contribution in [2.75, 3.05) is 0 Å². The Labute approximate surface area is 137 Å². The Hall–Kier alpha value is -2.22. The lowest BCUT2D eigenvalue weighted by atomic mass is 9.62. The molecule has 0 N–H and O–H groups in total. The molecule has 0 unspecified atom stereocenters. The molecule has 2 aromatic rings. The van der Waals surface area contributed by atoms with E-state index < -0.39 is 0 Å². The summed E-state index contributed by atoms with van der Waals surface area (Å²) in [6.07, 6.45) is 4.70. The van der Waals surface area contributed by atoms with Gasteiger partial charge < -0.3 is 0 Å². The summed E-state index contributed by atoms with van der Waals surface area (Å²) in [6, 6.07) is 21.5. The molecule has 2 nitrogen and oxygen atoms in total. The van der Waals surface area contributed by atoms with E-state index in [2.05, 4.69) is 86.7 Å². The van der Waals surface area contributed by atoms with E-state index in [1.807, 2.05) is 0 Å². The van der Waals surface area contributed by atoms with Crippen molar-refractivity contribution in [1.82, 2.24) is 0 Å². The number of azo groups is 1. The molecular weight excluding hydrogens is 280 g/mol. The summed E-state index contributed by atoms with van der Waals surface area (Å²) in [5.74, 6) is 0.884. The van der Waals surface area contributed by atoms with Crippen LogP contribution in [0, 0.1) is 17.3 Å². The Morgan fingerprint density at radius 3 is 1.39 bits per heavy atom. The minimum absolute atomic E-state index is 0.0679. The van der Waals surface area contributed by atoms with Gasteiger partial charge >= 0.3 is 0 Å². The Morgan fingerprint density at radius 1 is 0.652 bits per heavy atom. The highest BCUT2D eigenvalue weighted by molar-refractivity contribution is 5.50. The molecule has 114 valence electrons. The standard InChI is InChI=1S/C21H20N2/c1-19(2)20(15-9-5-3-6-10-15)17-13-14-18(17)21(19,23-22-20)16-11-7-4-8-12-16/h3-14,17-18H,1-2H3/t17-,18+,20-,21-/m0/s1. The quantitative estimate of drug-likeness (QED) is 0.691. The highest BCUT2D eigenvalue weighted by Gasteiger charge is 2.78. The van der Waals surface area contributed by atoms with Crippen molar-refractivity contribution >= 4 is 0 Å². The second-order valence-corrected chi connectivity index (χ2v) is 7.53. The van der Waals surface area contributed by atoms with Crippen molar-refractivity contribution in [2.24, 2.45) is 27.5 Å². The second-order valence-electron chi connectivity index (χ2n) is 7.53. The van der Waals surface area contributed by atoms with Crippen molar-refractivity contribution in [3.05, 3.63) is 83.9 Å². The fourth-order valence-electron chi connectivity index (χ4n) is 5.40. The Bertz CT molecular complexity index is 754. The summed E-state index contributed by atoms with van der Waals surface area (Å²) in [5.41, 5.74) is 2.03. The summed E-state index contributed by atoms with van der Waals surface area (Å²) in [4.78, 5) is 0. The van der Waals surface area contributed by atoms with Crippen molar-refractivity contribution < 1.29 is 0 Å². The van der Waals surface area contributed by atoms with Crippen molar-refractivity contribution in [2.45, 2.75) is 24.9 Å². The third kappa shape index (κ3) is 1.21. The zero-order valence-electron chi connectivity index (χ0n) is 13.5. The Kier molecular flexibility index (Phi) is 2.30. The van der Waals surface area contributed by atoms with Crippen LogP contribution in [0.4, 0.5) is 0 Å². The largest absolute Gasteiger partial charge is 0.180 e. The normalized spacial score (nSPS) is 38.3. The number of fused-ring (bicyclic) bond motifs is 5. The molecule has 23 heavy (non-hydrogen) atoms. The fourth-order valence-corrected chi connectivity index (χ4v) is 5.40. The number of hydrogen-bond acceptors (Lipinski definition) is 2. The van der Waals surface area contributed by atoms with Gasteiger partial charge in [0.2, 0.25) is 0 Å². The first-order chi connectivity index (χ1) is 11.1. The van der Waals surface area contributed by atoms with Crippen LogP contribution in [0.25, 0.3) is 0 Å². The summed E-state index contributed by atoms with van der Waals surface area (Å²) < 4.78 is 0. The van der Waals surface area contributed by atoms with E-state index in [9.17, 15) is 0 Å². The number of nitrogens with zero attached hydrogens (tertiary/aromatic N) is 2. The highest BCUT2D eigenvalue weighted by Crippen LogP contribution is 2.76. The molecule has 2 aliphatic carbocycles. The van der Waals surface area contributed by atoms with E-state index in [1.54, 1.807) is 0 Å². The Balaban J connectivity index is 1.80. The van der Waals surface area contributed by atoms with Gasteiger partial charge in [0.25, 0.3) is 0 Å². The van der Waals surface area contributed by atoms with Crippen LogP contribution in [0.15, 0.2) is 83.0 Å². The van der Waals surface area contributed by atoms with Crippen LogP contribution in [0.2, 0.25) is 0 Å². The van der Waals surface area contributed by atoms with E-state index in [0.29, 0.717) is 11.8 Å². The average Bonchev–Trinajstić information content (AvgIpc) is 2.84. The monoisotopic (exact) mass is 300 g/mol. The molecule has 1 heterocycles. The predicted molar refractivity (Wildman–Crippen MR) is 91.0 cm³/mol. The summed E-state index contributed by atoms with van der Waals surface area (Å²) in [7, 11) is 0. The summed E-state index contributed by atoms with van der Waals surface area (Å²) >= 11 is 0. The molecule has 2 aromatic carbocycles. The zero-order valence-corrected chi connectivity index (χ0v) is 13.5. The lowest BCUT2D eigenvalue weighted by Gasteiger charge is -2.40. The highest BCUT2D eigenvalue weighted by atomic mass is 15.3. The van der Waals surface area contributed by atoms with Gasteiger partial charge in [-0.3, -0.25) is 0 Å². The maximum absolute atomic E-state index is 4.96. The lowest BCUT2D eigenvalue weighted by Crippen LogP contribution is -2.43. The molecule has 0 radical (unpaired) electrons. The molecule has 1 fully saturated rings. The van der Waals surface area contributed by atoms with Crippen LogP contribution in [-0.4, -0.2) is 0 Å². The summed E-state index contributed by atoms with van der Waals surface area (Å²) in [6.45, 7) is 4.71. The zero-order chi connectivity index (χ0) is 15.7. The molecule has 0 spiro atoms. The van der Waals surface area contributed by atoms with Crippen molar-refractivity contribution in [1.29, 1.82) is 0 Å². The van der Waals surface area contributed by atoms with Gasteiger partial charge in [0.1, 0.15) is 11.1 Å². The smallest absolute Gasteiger partial charge is 0.121 e. The van der Waals surface area contributed by atoms with E-state index in [-0.39, 0.29) is 16.5 Å². The van der Waals surface area contributed by atoms with Gasteiger partial charge in [-0.15, -0.1) is 0 Å². The van der Waals surface area contributed by atoms with Crippen LogP contribution < -0.4 is 0 Å². The van der Waals surface area contributed by atoms with Crippen LogP contribution >= 0.6 is 0 Å². The van der Waals surface area contributed by atoms with Gasteiger partial charge in [0, 0.05) is 17.3 Å². The van der Waals surface area contributed by atoms with Crippen LogP contribution in [0.1, 0.15) is 25.0 Å². The maximum Gasteiger partial charge on any atom is 0.121 e. The first kappa shape index (κ1) is 13.2. The van der Waals surface area contributed by atoms with E-state index >= 15 is 0 Å². The van der Waals surface area contributed by atoms with Crippen LogP contribution in [-0.2, 0) is 11.1 Å². The first-order valence-electron chi connectivity index (χ1n) is 8.38. The molecule has 0 aromatic heterocycles. The number of hydrogen-bond donors (Lipinski definition) is 0. The van der Waals surface area contributed by atoms with Gasteiger partial charge in [-0.05, 0) is 11.1 Å². The summed E-state index contributed by atoms with van der Waals surface area (Å²) in [5, 5.41) is 9.93. The molecule has 2 bridgehead atoms. The fraction of sp³-hybridized carbons (Fsp3) is 0.333. The van der Waals surface area contributed by atoms with Gasteiger partial charge in [-0.1, -0.05) is 86.7 Å². The van der Waals surface area contributed by atoms with Crippen molar-refractivity contribution in [3.63, 3.8) is 0 Å². The molecule has 5 rings (SSSR count). The predicted octanol–water partition coefficient (Wildman–Crippen LogP) is 5.09. The minimum atomic E-state index is -0.247. The van der Waals surface area contributed by atoms with Gasteiger partial charge in [0.05, 0.1) is 0 Å². The number of benzene rings is 2. The molecule has 0 amide bonds. The molecule has 1 saturated carbocycles. The van der Waals surface area contributed by atoms with Gasteiger partial charge in [-0.25, -0.2) is 0 Å². The van der Waals surface area contributed by atoms with E-state index in [1.165, 1.54) is 11.1 Å². The van der Waals surface area contributed by atoms with E-state index in [4.69, 9.17) is 10.2 Å². The van der Waals surface area contributed by atoms with Crippen LogP contribution in [0.3, 0.4) is 0 Å². The topological polar surface area (TPSA) is 24.7 Å². The molecular formula is C21H20N2. The third-order valence-corrected chi connectivity index (χ3v) is 6.58. The Morgan fingerprint density at radius 2 is 1.04 bits per heavy atom.